The van der Waals surface area contributed by atoms with Crippen LogP contribution in [0.1, 0.15) is 16.8 Å². The minimum atomic E-state index is -0.863. The summed E-state index contributed by atoms with van der Waals surface area (Å²) in [5.74, 6) is -1.31. The van der Waals surface area contributed by atoms with Crippen molar-refractivity contribution in [1.82, 2.24) is 9.55 Å². The molecule has 0 aliphatic heterocycles. The Hall–Kier alpha value is -3.75. The van der Waals surface area contributed by atoms with Crippen molar-refractivity contribution in [2.45, 2.75) is 6.61 Å². The molecular formula is C24H16Cl2F2N4O2. The summed E-state index contributed by atoms with van der Waals surface area (Å²) < 4.78 is 29.5. The number of rotatable bonds is 6. The first-order valence-electron chi connectivity index (χ1n) is 9.88. The fourth-order valence-corrected chi connectivity index (χ4v) is 3.78. The van der Waals surface area contributed by atoms with Gasteiger partial charge in [0.05, 0.1) is 21.4 Å². The van der Waals surface area contributed by atoms with Gasteiger partial charge in [-0.15, -0.1) is 0 Å². The van der Waals surface area contributed by atoms with E-state index in [0.29, 0.717) is 17.1 Å². The lowest BCUT2D eigenvalue weighted by atomic mass is 10.0. The van der Waals surface area contributed by atoms with E-state index in [1.165, 1.54) is 29.0 Å². The number of oxime groups is 1. The van der Waals surface area contributed by atoms with Crippen molar-refractivity contribution in [3.05, 3.63) is 122 Å². The molecule has 0 unspecified atom stereocenters. The SMILES string of the molecule is Nc1cccc(CO/N=C(\c2ccc(=O)n(-c3c(Cl)cccc3Cl)c2)c2ccc(F)cc2F)n1. The number of benzene rings is 2. The molecule has 2 N–H and O–H groups in total. The number of nitrogen functional groups attached to an aromatic ring is 1. The third-order valence-electron chi connectivity index (χ3n) is 4.75. The highest BCUT2D eigenvalue weighted by atomic mass is 35.5. The van der Waals surface area contributed by atoms with E-state index in [4.69, 9.17) is 33.8 Å². The second-order valence-corrected chi connectivity index (χ2v) is 7.90. The van der Waals surface area contributed by atoms with E-state index in [2.05, 4.69) is 10.1 Å². The van der Waals surface area contributed by atoms with Crippen LogP contribution in [0.3, 0.4) is 0 Å². The Balaban J connectivity index is 1.81. The molecule has 0 aliphatic rings. The van der Waals surface area contributed by atoms with Gasteiger partial charge in [-0.05, 0) is 42.5 Å². The third-order valence-corrected chi connectivity index (χ3v) is 5.36. The van der Waals surface area contributed by atoms with Crippen LogP contribution in [0.25, 0.3) is 5.69 Å². The lowest BCUT2D eigenvalue weighted by molar-refractivity contribution is 0.128. The van der Waals surface area contributed by atoms with Crippen LogP contribution in [-0.4, -0.2) is 15.3 Å². The molecule has 0 fully saturated rings. The number of nitrogens with two attached hydrogens (primary N) is 1. The number of halogens is 4. The third kappa shape index (κ3) is 5.08. The van der Waals surface area contributed by atoms with Gasteiger partial charge in [-0.3, -0.25) is 9.36 Å². The predicted molar refractivity (Wildman–Crippen MR) is 127 cm³/mol. The standard InChI is InChI=1S/C24H16Cl2F2N4O2/c25-18-4-2-5-19(26)24(18)32-12-14(7-10-22(32)33)23(17-9-8-15(27)11-20(17)28)31-34-13-16-3-1-6-21(29)30-16/h1-12H,13H2,(H2,29,30)/b31-23+. The summed E-state index contributed by atoms with van der Waals surface area (Å²) in [6.45, 7) is -0.0622. The van der Waals surface area contributed by atoms with Crippen LogP contribution in [0.4, 0.5) is 14.6 Å². The summed E-state index contributed by atoms with van der Waals surface area (Å²) >= 11 is 12.5. The molecule has 4 aromatic rings. The lowest BCUT2D eigenvalue weighted by Crippen LogP contribution is -2.20. The summed E-state index contributed by atoms with van der Waals surface area (Å²) in [4.78, 5) is 22.1. The fraction of sp³-hybridized carbons (Fsp3) is 0.0417. The van der Waals surface area contributed by atoms with Crippen LogP contribution < -0.4 is 11.3 Å². The molecule has 6 nitrogen and oxygen atoms in total. The quantitative estimate of drug-likeness (QED) is 0.285. The molecule has 2 heterocycles. The maximum absolute atomic E-state index is 14.7. The van der Waals surface area contributed by atoms with Crippen molar-refractivity contribution in [3.8, 4) is 5.69 Å². The second-order valence-electron chi connectivity index (χ2n) is 7.09. The largest absolute Gasteiger partial charge is 0.389 e. The molecule has 0 saturated carbocycles. The molecular weight excluding hydrogens is 485 g/mol. The van der Waals surface area contributed by atoms with Gasteiger partial charge in [-0.2, -0.15) is 0 Å². The number of hydrogen-bond donors (Lipinski definition) is 1. The van der Waals surface area contributed by atoms with E-state index in [1.807, 2.05) is 0 Å². The van der Waals surface area contributed by atoms with Crippen LogP contribution >= 0.6 is 23.2 Å². The average molecular weight is 501 g/mol. The second kappa shape index (κ2) is 10.0. The van der Waals surface area contributed by atoms with Gasteiger partial charge in [0, 0.05) is 29.5 Å². The van der Waals surface area contributed by atoms with E-state index in [-0.39, 0.29) is 33.6 Å². The molecule has 0 atom stereocenters. The zero-order valence-corrected chi connectivity index (χ0v) is 18.9. The van der Waals surface area contributed by atoms with Crippen LogP contribution in [0.5, 0.6) is 0 Å². The molecule has 0 radical (unpaired) electrons. The zero-order valence-electron chi connectivity index (χ0n) is 17.4. The van der Waals surface area contributed by atoms with Gasteiger partial charge in [0.25, 0.3) is 5.56 Å². The lowest BCUT2D eigenvalue weighted by Gasteiger charge is -2.13. The van der Waals surface area contributed by atoms with Gasteiger partial charge in [0.1, 0.15) is 23.2 Å². The number of anilines is 1. The topological polar surface area (TPSA) is 82.5 Å². The van der Waals surface area contributed by atoms with E-state index < -0.39 is 17.2 Å². The predicted octanol–water partition coefficient (Wildman–Crippen LogP) is 5.37. The Bertz CT molecular complexity index is 1440. The van der Waals surface area contributed by atoms with E-state index in [1.54, 1.807) is 36.4 Å². The summed E-state index contributed by atoms with van der Waals surface area (Å²) in [5, 5.41) is 4.56. The van der Waals surface area contributed by atoms with Crippen molar-refractivity contribution in [1.29, 1.82) is 0 Å². The molecule has 0 amide bonds. The highest BCUT2D eigenvalue weighted by molar-refractivity contribution is 6.37. The Morgan fingerprint density at radius 1 is 1.03 bits per heavy atom. The van der Waals surface area contributed by atoms with Crippen molar-refractivity contribution >= 4 is 34.7 Å². The van der Waals surface area contributed by atoms with Crippen molar-refractivity contribution < 1.29 is 13.6 Å². The van der Waals surface area contributed by atoms with E-state index in [9.17, 15) is 13.6 Å². The number of para-hydroxylation sites is 1. The average Bonchev–Trinajstić information content (AvgIpc) is 2.79. The van der Waals surface area contributed by atoms with Crippen LogP contribution in [-0.2, 0) is 11.4 Å². The van der Waals surface area contributed by atoms with Crippen molar-refractivity contribution in [3.63, 3.8) is 0 Å². The maximum Gasteiger partial charge on any atom is 0.255 e. The molecule has 2 aromatic heterocycles. The number of nitrogens with zero attached hydrogens (tertiary/aromatic N) is 3. The fourth-order valence-electron chi connectivity index (χ4n) is 3.20. The first-order valence-corrected chi connectivity index (χ1v) is 10.6. The maximum atomic E-state index is 14.7. The van der Waals surface area contributed by atoms with Crippen molar-refractivity contribution in [2.24, 2.45) is 5.16 Å². The van der Waals surface area contributed by atoms with E-state index in [0.717, 1.165) is 12.1 Å². The normalized spacial score (nSPS) is 11.5. The molecule has 0 aliphatic carbocycles. The summed E-state index contributed by atoms with van der Waals surface area (Å²) in [6, 6.07) is 15.5. The number of hydrogen-bond acceptors (Lipinski definition) is 5. The molecule has 10 heteroatoms. The molecule has 4 rings (SSSR count). The summed E-state index contributed by atoms with van der Waals surface area (Å²) in [5.41, 5.74) is 6.26. The Kier molecular flexibility index (Phi) is 6.90. The first-order chi connectivity index (χ1) is 16.3. The zero-order chi connectivity index (χ0) is 24.2. The van der Waals surface area contributed by atoms with Crippen molar-refractivity contribution in [2.75, 3.05) is 5.73 Å². The Labute approximate surface area is 202 Å². The number of aromatic nitrogens is 2. The number of pyridine rings is 2. The summed E-state index contributed by atoms with van der Waals surface area (Å²) in [6.07, 6.45) is 1.40. The monoisotopic (exact) mass is 500 g/mol. The highest BCUT2D eigenvalue weighted by Crippen LogP contribution is 2.28. The van der Waals surface area contributed by atoms with Gasteiger partial charge in [0.2, 0.25) is 0 Å². The van der Waals surface area contributed by atoms with Gasteiger partial charge in [-0.1, -0.05) is 40.5 Å². The Morgan fingerprint density at radius 2 is 1.76 bits per heavy atom. The van der Waals surface area contributed by atoms with Crippen LogP contribution in [0.15, 0.2) is 82.9 Å². The molecule has 0 spiro atoms. The molecule has 34 heavy (non-hydrogen) atoms. The smallest absolute Gasteiger partial charge is 0.255 e. The van der Waals surface area contributed by atoms with E-state index >= 15 is 0 Å². The summed E-state index contributed by atoms with van der Waals surface area (Å²) in [7, 11) is 0. The van der Waals surface area contributed by atoms with Crippen LogP contribution in [0.2, 0.25) is 10.0 Å². The first kappa shape index (κ1) is 23.4. The van der Waals surface area contributed by atoms with Gasteiger partial charge in [0.15, 0.2) is 6.61 Å². The van der Waals surface area contributed by atoms with Gasteiger partial charge in [-0.25, -0.2) is 13.8 Å². The van der Waals surface area contributed by atoms with Gasteiger partial charge < -0.3 is 10.6 Å². The molecule has 2 aromatic carbocycles. The molecule has 0 bridgehead atoms. The molecule has 172 valence electrons. The molecule has 0 saturated heterocycles. The minimum absolute atomic E-state index is 0.0123. The highest BCUT2D eigenvalue weighted by Gasteiger charge is 2.17. The Morgan fingerprint density at radius 3 is 2.47 bits per heavy atom. The van der Waals surface area contributed by atoms with Gasteiger partial charge >= 0.3 is 0 Å². The van der Waals surface area contributed by atoms with Crippen LogP contribution in [0, 0.1) is 11.6 Å². The minimum Gasteiger partial charge on any atom is -0.389 e.